The van der Waals surface area contributed by atoms with Crippen molar-refractivity contribution in [2.24, 2.45) is 0 Å². The van der Waals surface area contributed by atoms with Gasteiger partial charge in [-0.2, -0.15) is 0 Å². The van der Waals surface area contributed by atoms with Crippen LogP contribution in [0.1, 0.15) is 5.89 Å². The number of furan rings is 1. The molecule has 0 saturated heterocycles. The van der Waals surface area contributed by atoms with E-state index in [0.29, 0.717) is 17.5 Å². The molecule has 15 heavy (non-hydrogen) atoms. The lowest BCUT2D eigenvalue weighted by molar-refractivity contribution is 0.507. The highest BCUT2D eigenvalue weighted by molar-refractivity contribution is 5.81. The fraction of sp³-hybridized carbons (Fsp3) is 0.0909. The van der Waals surface area contributed by atoms with Crippen LogP contribution in [-0.4, -0.2) is 10.2 Å². The van der Waals surface area contributed by atoms with Crippen molar-refractivity contribution in [1.29, 1.82) is 0 Å². The van der Waals surface area contributed by atoms with Crippen molar-refractivity contribution in [3.8, 4) is 11.7 Å². The summed E-state index contributed by atoms with van der Waals surface area (Å²) in [5.41, 5.74) is 0.823. The number of benzene rings is 1. The Hall–Kier alpha value is -2.10. The van der Waals surface area contributed by atoms with E-state index in [4.69, 9.17) is 8.83 Å². The lowest BCUT2D eigenvalue weighted by atomic mass is 10.2. The van der Waals surface area contributed by atoms with E-state index >= 15 is 0 Å². The maximum absolute atomic E-state index is 5.57. The van der Waals surface area contributed by atoms with Crippen LogP contribution in [0.25, 0.3) is 22.6 Å². The van der Waals surface area contributed by atoms with Crippen molar-refractivity contribution < 1.29 is 8.83 Å². The van der Waals surface area contributed by atoms with Crippen molar-refractivity contribution in [3.63, 3.8) is 0 Å². The third-order valence-electron chi connectivity index (χ3n) is 2.16. The molecule has 2 heterocycles. The van der Waals surface area contributed by atoms with Crippen LogP contribution < -0.4 is 0 Å². The summed E-state index contributed by atoms with van der Waals surface area (Å²) < 4.78 is 10.9. The Morgan fingerprint density at radius 2 is 1.93 bits per heavy atom. The molecule has 0 bridgehead atoms. The Kier molecular flexibility index (Phi) is 1.62. The number of aromatic nitrogens is 2. The molecule has 74 valence electrons. The molecule has 4 heteroatoms. The molecule has 0 aliphatic carbocycles. The molecule has 0 amide bonds. The normalized spacial score (nSPS) is 11.0. The van der Waals surface area contributed by atoms with Crippen LogP contribution in [-0.2, 0) is 0 Å². The molecule has 0 fully saturated rings. The molecule has 0 unspecified atom stereocenters. The third-order valence-corrected chi connectivity index (χ3v) is 2.16. The highest BCUT2D eigenvalue weighted by atomic mass is 16.4. The first kappa shape index (κ1) is 8.23. The first-order valence-corrected chi connectivity index (χ1v) is 4.62. The standard InChI is InChI=1S/C11H8N2O2/c1-7-12-13-11(14-7)10-6-8-4-2-3-5-9(8)15-10/h2-6H,1H3. The molecule has 2 aromatic heterocycles. The fourth-order valence-electron chi connectivity index (χ4n) is 1.48. The number of para-hydroxylation sites is 1. The van der Waals surface area contributed by atoms with Crippen LogP contribution >= 0.6 is 0 Å². The van der Waals surface area contributed by atoms with E-state index < -0.39 is 0 Å². The Labute approximate surface area is 85.5 Å². The highest BCUT2D eigenvalue weighted by Crippen LogP contribution is 2.26. The molecule has 3 aromatic rings. The van der Waals surface area contributed by atoms with Crippen LogP contribution in [0.15, 0.2) is 39.2 Å². The molecule has 0 atom stereocenters. The van der Waals surface area contributed by atoms with Crippen LogP contribution in [0.2, 0.25) is 0 Å². The molecule has 0 aliphatic heterocycles. The molecule has 4 nitrogen and oxygen atoms in total. The average molecular weight is 200 g/mol. The third kappa shape index (κ3) is 1.30. The summed E-state index contributed by atoms with van der Waals surface area (Å²) in [7, 11) is 0. The van der Waals surface area contributed by atoms with E-state index in [9.17, 15) is 0 Å². The van der Waals surface area contributed by atoms with Gasteiger partial charge in [0.15, 0.2) is 5.76 Å². The molecule has 0 spiro atoms. The van der Waals surface area contributed by atoms with Gasteiger partial charge < -0.3 is 8.83 Å². The van der Waals surface area contributed by atoms with Gasteiger partial charge in [-0.3, -0.25) is 0 Å². The maximum atomic E-state index is 5.57. The zero-order chi connectivity index (χ0) is 10.3. The Bertz CT molecular complexity index is 577. The molecule has 0 saturated carbocycles. The quantitative estimate of drug-likeness (QED) is 0.606. The van der Waals surface area contributed by atoms with Gasteiger partial charge in [0.2, 0.25) is 5.89 Å². The molecule has 0 radical (unpaired) electrons. The average Bonchev–Trinajstić information content (AvgIpc) is 2.82. The summed E-state index contributed by atoms with van der Waals surface area (Å²) in [5.74, 6) is 1.56. The van der Waals surface area contributed by atoms with Crippen molar-refractivity contribution >= 4 is 11.0 Å². The second-order valence-electron chi connectivity index (χ2n) is 3.27. The van der Waals surface area contributed by atoms with Gasteiger partial charge in [-0.25, -0.2) is 0 Å². The number of hydrogen-bond acceptors (Lipinski definition) is 4. The molecule has 0 aliphatic rings. The van der Waals surface area contributed by atoms with Gasteiger partial charge >= 0.3 is 0 Å². The van der Waals surface area contributed by atoms with Crippen LogP contribution in [0.5, 0.6) is 0 Å². The Morgan fingerprint density at radius 1 is 1.07 bits per heavy atom. The fourth-order valence-corrected chi connectivity index (χ4v) is 1.48. The number of aryl methyl sites for hydroxylation is 1. The van der Waals surface area contributed by atoms with Gasteiger partial charge in [-0.15, -0.1) is 10.2 Å². The molecular formula is C11H8N2O2. The van der Waals surface area contributed by atoms with E-state index in [1.54, 1.807) is 6.92 Å². The van der Waals surface area contributed by atoms with E-state index in [2.05, 4.69) is 10.2 Å². The second-order valence-corrected chi connectivity index (χ2v) is 3.27. The smallest absolute Gasteiger partial charge is 0.283 e. The summed E-state index contributed by atoms with van der Waals surface area (Å²) in [6, 6.07) is 9.66. The Morgan fingerprint density at radius 3 is 2.67 bits per heavy atom. The van der Waals surface area contributed by atoms with E-state index in [1.165, 1.54) is 0 Å². The van der Waals surface area contributed by atoms with Gasteiger partial charge in [0.1, 0.15) is 5.58 Å². The summed E-state index contributed by atoms with van der Waals surface area (Å²) in [6.45, 7) is 1.75. The topological polar surface area (TPSA) is 52.1 Å². The van der Waals surface area contributed by atoms with Crippen molar-refractivity contribution in [2.45, 2.75) is 6.92 Å². The largest absolute Gasteiger partial charge is 0.451 e. The van der Waals surface area contributed by atoms with Crippen LogP contribution in [0, 0.1) is 6.92 Å². The predicted molar refractivity (Wildman–Crippen MR) is 54.2 cm³/mol. The summed E-state index contributed by atoms with van der Waals surface area (Å²) in [5, 5.41) is 8.69. The number of fused-ring (bicyclic) bond motifs is 1. The van der Waals surface area contributed by atoms with Gasteiger partial charge in [0.05, 0.1) is 0 Å². The lowest BCUT2D eigenvalue weighted by Crippen LogP contribution is -1.71. The minimum atomic E-state index is 0.420. The molecule has 3 rings (SSSR count). The van der Waals surface area contributed by atoms with Crippen molar-refractivity contribution in [1.82, 2.24) is 10.2 Å². The molecular weight excluding hydrogens is 192 g/mol. The highest BCUT2D eigenvalue weighted by Gasteiger charge is 2.11. The van der Waals surface area contributed by atoms with E-state index in [1.807, 2.05) is 30.3 Å². The molecule has 1 aromatic carbocycles. The zero-order valence-corrected chi connectivity index (χ0v) is 8.10. The van der Waals surface area contributed by atoms with Crippen molar-refractivity contribution in [2.75, 3.05) is 0 Å². The van der Waals surface area contributed by atoms with Crippen LogP contribution in [0.4, 0.5) is 0 Å². The minimum Gasteiger partial charge on any atom is -0.451 e. The molecule has 0 N–H and O–H groups in total. The minimum absolute atomic E-state index is 0.420. The zero-order valence-electron chi connectivity index (χ0n) is 8.10. The van der Waals surface area contributed by atoms with Gasteiger partial charge in [-0.1, -0.05) is 18.2 Å². The number of rotatable bonds is 1. The van der Waals surface area contributed by atoms with Gasteiger partial charge in [0.25, 0.3) is 5.89 Å². The predicted octanol–water partition coefficient (Wildman–Crippen LogP) is 2.79. The second kappa shape index (κ2) is 2.95. The SMILES string of the molecule is Cc1nnc(-c2cc3ccccc3o2)o1. The summed E-state index contributed by atoms with van der Waals surface area (Å²) >= 11 is 0. The van der Waals surface area contributed by atoms with Crippen molar-refractivity contribution in [3.05, 3.63) is 36.2 Å². The first-order chi connectivity index (χ1) is 7.33. The van der Waals surface area contributed by atoms with Crippen LogP contribution in [0.3, 0.4) is 0 Å². The van der Waals surface area contributed by atoms with Gasteiger partial charge in [-0.05, 0) is 12.1 Å². The van der Waals surface area contributed by atoms with E-state index in [0.717, 1.165) is 11.0 Å². The van der Waals surface area contributed by atoms with E-state index in [-0.39, 0.29) is 0 Å². The number of nitrogens with zero attached hydrogens (tertiary/aromatic N) is 2. The number of hydrogen-bond donors (Lipinski definition) is 0. The summed E-state index contributed by atoms with van der Waals surface area (Å²) in [6.07, 6.45) is 0. The maximum Gasteiger partial charge on any atom is 0.283 e. The first-order valence-electron chi connectivity index (χ1n) is 4.62. The Balaban J connectivity index is 2.19. The summed E-state index contributed by atoms with van der Waals surface area (Å²) in [4.78, 5) is 0. The van der Waals surface area contributed by atoms with Gasteiger partial charge in [0, 0.05) is 12.3 Å². The monoisotopic (exact) mass is 200 g/mol. The lowest BCUT2D eigenvalue weighted by Gasteiger charge is -1.84.